The fraction of sp³-hybridized carbons (Fsp3) is 0.472. The summed E-state index contributed by atoms with van der Waals surface area (Å²) in [4.78, 5) is 52.0. The molecule has 0 aliphatic carbocycles. The first kappa shape index (κ1) is 53.4. The van der Waals surface area contributed by atoms with Gasteiger partial charge in [-0.2, -0.15) is 0 Å². The average Bonchev–Trinajstić information content (AvgIpc) is 4.01. The van der Waals surface area contributed by atoms with E-state index in [-0.39, 0.29) is 94.3 Å². The molecule has 71 heavy (non-hydrogen) atoms. The van der Waals surface area contributed by atoms with Gasteiger partial charge in [-0.1, -0.05) is 49.2 Å². The Labute approximate surface area is 412 Å². The summed E-state index contributed by atoms with van der Waals surface area (Å²) in [5, 5.41) is 60.1. The number of benzene rings is 4. The number of rotatable bonds is 32. The number of hydrogen-bond donors (Lipinski definition) is 4. The predicted octanol–water partition coefficient (Wildman–Crippen LogP) is 7.64. The number of esters is 4. The largest absolute Gasteiger partial charge is 0.505 e. The summed E-state index contributed by atoms with van der Waals surface area (Å²) in [5.74, 6) is -1.47. The Morgan fingerprint density at radius 2 is 0.746 bits per heavy atom. The van der Waals surface area contributed by atoms with Crippen LogP contribution in [-0.2, 0) is 57.4 Å². The third kappa shape index (κ3) is 17.2. The highest BCUT2D eigenvalue weighted by Gasteiger charge is 2.21. The van der Waals surface area contributed by atoms with Gasteiger partial charge >= 0.3 is 23.9 Å². The minimum atomic E-state index is -0.359. The van der Waals surface area contributed by atoms with E-state index in [0.717, 1.165) is 12.8 Å². The fourth-order valence-corrected chi connectivity index (χ4v) is 7.93. The number of aliphatic hydroxyl groups excluding tert-OH is 2. The molecule has 0 bridgehead atoms. The number of carbonyl (C=O) groups excluding carboxylic acids is 4. The Bertz CT molecular complexity index is 2420. The quantitative estimate of drug-likeness (QED) is 0.0180. The summed E-state index contributed by atoms with van der Waals surface area (Å²) in [5.41, 5.74) is 5.37. The van der Waals surface area contributed by atoms with Gasteiger partial charge in [0.2, 0.25) is 0 Å². The van der Waals surface area contributed by atoms with Crippen molar-refractivity contribution in [2.75, 3.05) is 39.6 Å². The van der Waals surface area contributed by atoms with E-state index in [1.165, 1.54) is 9.59 Å². The van der Waals surface area contributed by atoms with Gasteiger partial charge in [0.25, 0.3) is 0 Å². The molecular formula is C53H66N6O12. The van der Waals surface area contributed by atoms with E-state index in [0.29, 0.717) is 146 Å². The number of aliphatic hydroxyl groups is 2. The first-order valence-electron chi connectivity index (χ1n) is 24.8. The number of phenols is 2. The third-order valence-corrected chi connectivity index (χ3v) is 11.8. The molecule has 4 N–H and O–H groups in total. The molecule has 4 aromatic carbocycles. The molecule has 0 aliphatic heterocycles. The molecule has 0 spiro atoms. The Morgan fingerprint density at radius 1 is 0.423 bits per heavy atom. The number of nitrogens with zero attached hydrogens (tertiary/aromatic N) is 6. The molecule has 0 saturated heterocycles. The lowest BCUT2D eigenvalue weighted by atomic mass is 9.96. The molecule has 0 aliphatic rings. The Kier molecular flexibility index (Phi) is 21.6. The average molecular weight is 979 g/mol. The van der Waals surface area contributed by atoms with Crippen LogP contribution >= 0.6 is 0 Å². The summed E-state index contributed by atoms with van der Waals surface area (Å²) in [6.07, 6.45) is 9.73. The van der Waals surface area contributed by atoms with Crippen molar-refractivity contribution >= 4 is 45.9 Å². The van der Waals surface area contributed by atoms with Crippen LogP contribution in [0.15, 0.2) is 72.8 Å². The second kappa shape index (κ2) is 28.7. The SMILES string of the molecule is O=C(CCCCCO)OCCCCCC(=O)OCCc1cc(Cc2cc(CCOC(=O)CCCCCOC(=O)CCCCCO)cc(-n3nc4ccccc4n3)c2O)c(O)c(-n2nc3ccccc3n2)c1. The zero-order chi connectivity index (χ0) is 50.2. The maximum Gasteiger partial charge on any atom is 0.305 e. The van der Waals surface area contributed by atoms with Crippen LogP contribution in [0.1, 0.15) is 125 Å². The van der Waals surface area contributed by atoms with E-state index in [2.05, 4.69) is 20.4 Å². The molecule has 0 amide bonds. The number of phenolic OH excluding ortho intramolecular Hbond substituents is 2. The molecule has 0 unspecified atom stereocenters. The monoisotopic (exact) mass is 978 g/mol. The van der Waals surface area contributed by atoms with E-state index in [9.17, 15) is 29.4 Å². The van der Waals surface area contributed by atoms with E-state index in [1.807, 2.05) is 48.5 Å². The number of fused-ring (bicyclic) bond motifs is 2. The first-order valence-corrected chi connectivity index (χ1v) is 24.8. The number of hydrogen-bond acceptors (Lipinski definition) is 16. The highest BCUT2D eigenvalue weighted by molar-refractivity contribution is 5.75. The maximum absolute atomic E-state index is 12.7. The van der Waals surface area contributed by atoms with Gasteiger partial charge in [-0.25, -0.2) is 0 Å². The van der Waals surface area contributed by atoms with E-state index in [1.54, 1.807) is 24.3 Å². The molecular weight excluding hydrogens is 913 g/mol. The van der Waals surface area contributed by atoms with Crippen molar-refractivity contribution in [3.63, 3.8) is 0 Å². The smallest absolute Gasteiger partial charge is 0.305 e. The van der Waals surface area contributed by atoms with Crippen LogP contribution < -0.4 is 0 Å². The lowest BCUT2D eigenvalue weighted by Gasteiger charge is -2.16. The number of aromatic hydroxyl groups is 2. The maximum atomic E-state index is 12.7. The molecule has 6 aromatic rings. The number of aromatic nitrogens is 6. The Morgan fingerprint density at radius 3 is 1.08 bits per heavy atom. The molecule has 0 radical (unpaired) electrons. The minimum Gasteiger partial charge on any atom is -0.505 e. The van der Waals surface area contributed by atoms with Gasteiger partial charge in [-0.3, -0.25) is 19.2 Å². The van der Waals surface area contributed by atoms with Gasteiger partial charge < -0.3 is 39.4 Å². The van der Waals surface area contributed by atoms with Gasteiger partial charge in [-0.05, 0) is 112 Å². The van der Waals surface area contributed by atoms with Gasteiger partial charge in [0.15, 0.2) is 0 Å². The van der Waals surface area contributed by atoms with Crippen LogP contribution in [0.3, 0.4) is 0 Å². The molecule has 2 heterocycles. The molecule has 18 heteroatoms. The van der Waals surface area contributed by atoms with Gasteiger partial charge in [0.05, 0.1) is 26.4 Å². The minimum absolute atomic E-state index is 0.0402. The van der Waals surface area contributed by atoms with Crippen molar-refractivity contribution in [2.45, 2.75) is 122 Å². The molecule has 2 aromatic heterocycles. The molecule has 0 fully saturated rings. The van der Waals surface area contributed by atoms with Crippen LogP contribution in [0.2, 0.25) is 0 Å². The predicted molar refractivity (Wildman–Crippen MR) is 263 cm³/mol. The zero-order valence-corrected chi connectivity index (χ0v) is 40.3. The summed E-state index contributed by atoms with van der Waals surface area (Å²) in [6, 6.07) is 21.7. The number of carbonyl (C=O) groups is 4. The highest BCUT2D eigenvalue weighted by atomic mass is 16.5. The van der Waals surface area contributed by atoms with Crippen molar-refractivity contribution in [1.29, 1.82) is 0 Å². The molecule has 18 nitrogen and oxygen atoms in total. The van der Waals surface area contributed by atoms with Crippen molar-refractivity contribution < 1.29 is 58.6 Å². The summed E-state index contributed by atoms with van der Waals surface area (Å²) in [7, 11) is 0. The third-order valence-electron chi connectivity index (χ3n) is 11.8. The van der Waals surface area contributed by atoms with Crippen LogP contribution in [-0.4, -0.2) is 114 Å². The van der Waals surface area contributed by atoms with Crippen molar-refractivity contribution in [3.8, 4) is 22.9 Å². The van der Waals surface area contributed by atoms with E-state index in [4.69, 9.17) is 29.2 Å². The summed E-state index contributed by atoms with van der Waals surface area (Å²) < 4.78 is 21.8. The van der Waals surface area contributed by atoms with E-state index < -0.39 is 0 Å². The lowest BCUT2D eigenvalue weighted by Crippen LogP contribution is -2.10. The second-order valence-corrected chi connectivity index (χ2v) is 17.5. The lowest BCUT2D eigenvalue weighted by molar-refractivity contribution is -0.145. The van der Waals surface area contributed by atoms with Crippen molar-refractivity contribution in [3.05, 3.63) is 95.1 Å². The van der Waals surface area contributed by atoms with Crippen LogP contribution in [0.5, 0.6) is 11.5 Å². The van der Waals surface area contributed by atoms with Crippen LogP contribution in [0, 0.1) is 0 Å². The van der Waals surface area contributed by atoms with Gasteiger partial charge in [-0.15, -0.1) is 30.0 Å². The molecule has 380 valence electrons. The normalized spacial score (nSPS) is 11.3. The first-order chi connectivity index (χ1) is 34.6. The Balaban J connectivity index is 1.11. The van der Waals surface area contributed by atoms with Crippen LogP contribution in [0.25, 0.3) is 33.4 Å². The van der Waals surface area contributed by atoms with Gasteiger partial charge in [0, 0.05) is 69.3 Å². The van der Waals surface area contributed by atoms with Crippen molar-refractivity contribution in [2.24, 2.45) is 0 Å². The standard InChI is InChI=1S/C53H66N6O12/c60-27-13-1-5-21-48(62)68-29-15-3-7-23-50(64)70-31-25-38-33-40(52(66)46(35-38)58-54-42-17-9-10-18-43(42)55-58)37-41-34-39(36-47(53(41)67)59-56-44-19-11-12-20-45(44)57-59)26-32-71-51(65)24-8-4-16-30-69-49(63)22-6-2-14-28-61/h9-12,17-20,33-36,60-61,66-67H,1-8,13-16,21-32,37H2. The molecule has 6 rings (SSSR count). The number of unbranched alkanes of at least 4 members (excludes halogenated alkanes) is 8. The van der Waals surface area contributed by atoms with Gasteiger partial charge in [0.1, 0.15) is 44.9 Å². The van der Waals surface area contributed by atoms with Crippen LogP contribution in [0.4, 0.5) is 0 Å². The summed E-state index contributed by atoms with van der Waals surface area (Å²) in [6.45, 7) is 0.926. The highest BCUT2D eigenvalue weighted by Crippen LogP contribution is 2.35. The fourth-order valence-electron chi connectivity index (χ4n) is 7.93. The molecule has 0 saturated carbocycles. The molecule has 0 atom stereocenters. The summed E-state index contributed by atoms with van der Waals surface area (Å²) >= 11 is 0. The number of ether oxygens (including phenoxy) is 4. The second-order valence-electron chi connectivity index (χ2n) is 17.5. The zero-order valence-electron chi connectivity index (χ0n) is 40.3. The van der Waals surface area contributed by atoms with Crippen molar-refractivity contribution in [1.82, 2.24) is 30.0 Å². The topological polar surface area (TPSA) is 248 Å². The van der Waals surface area contributed by atoms with E-state index >= 15 is 0 Å². The Hall–Kier alpha value is -6.92.